The zero-order valence-electron chi connectivity index (χ0n) is 18.2. The minimum atomic E-state index is -0.552. The molecule has 2 amide bonds. The number of nitrogens with one attached hydrogen (secondary N) is 2. The molecule has 3 aromatic rings. The van der Waals surface area contributed by atoms with Crippen LogP contribution in [0.5, 0.6) is 5.75 Å². The highest BCUT2D eigenvalue weighted by molar-refractivity contribution is 6.02. The zero-order chi connectivity index (χ0) is 22.3. The summed E-state index contributed by atoms with van der Waals surface area (Å²) in [6.45, 7) is 4.04. The number of urea groups is 1. The van der Waals surface area contributed by atoms with E-state index in [1.165, 1.54) is 4.68 Å². The molecule has 0 bridgehead atoms. The number of anilines is 1. The summed E-state index contributed by atoms with van der Waals surface area (Å²) in [4.78, 5) is 25.1. The summed E-state index contributed by atoms with van der Waals surface area (Å²) >= 11 is 0. The number of carbonyl (C=O) groups is 2. The minimum absolute atomic E-state index is 0.138. The van der Waals surface area contributed by atoms with Crippen molar-refractivity contribution in [1.82, 2.24) is 15.1 Å². The molecule has 1 unspecified atom stereocenters. The van der Waals surface area contributed by atoms with E-state index >= 15 is 0 Å². The van der Waals surface area contributed by atoms with E-state index < -0.39 is 6.09 Å². The van der Waals surface area contributed by atoms with Gasteiger partial charge in [-0.3, -0.25) is 0 Å². The second-order valence-corrected chi connectivity index (χ2v) is 8.53. The number of carbonyl (C=O) groups excluding carboxylic acids is 2. The molecule has 8 heteroatoms. The Balaban J connectivity index is 1.37. The molecule has 1 spiro atoms. The number of amides is 2. The van der Waals surface area contributed by atoms with Crippen LogP contribution >= 0.6 is 0 Å². The quantitative estimate of drug-likeness (QED) is 0.610. The van der Waals surface area contributed by atoms with Crippen LogP contribution in [0.25, 0.3) is 10.9 Å². The van der Waals surface area contributed by atoms with Crippen molar-refractivity contribution in [3.63, 3.8) is 0 Å². The maximum absolute atomic E-state index is 13.0. The lowest BCUT2D eigenvalue weighted by atomic mass is 9.73. The molecule has 1 saturated carbocycles. The predicted octanol–water partition coefficient (Wildman–Crippen LogP) is 4.92. The Labute approximate surface area is 185 Å². The molecule has 166 valence electrons. The van der Waals surface area contributed by atoms with Crippen LogP contribution in [0.3, 0.4) is 0 Å². The Morgan fingerprint density at radius 2 is 2.12 bits per heavy atom. The van der Waals surface area contributed by atoms with Crippen molar-refractivity contribution in [2.75, 3.05) is 11.9 Å². The number of hydrogen-bond acceptors (Lipinski definition) is 5. The lowest BCUT2D eigenvalue weighted by Crippen LogP contribution is -2.50. The number of hydrogen-bond donors (Lipinski definition) is 2. The van der Waals surface area contributed by atoms with Crippen LogP contribution in [0, 0.1) is 6.92 Å². The SMILES string of the molecule is CCOC(=O)n1ncc2c(NC(=O)NC3CC4(CCC4)Oc4cc(C)ccc43)cccc21. The highest BCUT2D eigenvalue weighted by Gasteiger charge is 2.46. The molecule has 1 aromatic heterocycles. The lowest BCUT2D eigenvalue weighted by molar-refractivity contribution is -0.0354. The van der Waals surface area contributed by atoms with Crippen LogP contribution in [0.15, 0.2) is 42.6 Å². The average Bonchev–Trinajstić information content (AvgIpc) is 3.17. The van der Waals surface area contributed by atoms with Crippen LogP contribution < -0.4 is 15.4 Å². The maximum atomic E-state index is 13.0. The van der Waals surface area contributed by atoms with Gasteiger partial charge in [-0.05, 0) is 56.9 Å². The van der Waals surface area contributed by atoms with Crippen LogP contribution in [-0.4, -0.2) is 34.1 Å². The fraction of sp³-hybridized carbons (Fsp3) is 0.375. The molecular weight excluding hydrogens is 408 g/mol. The van der Waals surface area contributed by atoms with E-state index in [4.69, 9.17) is 9.47 Å². The highest BCUT2D eigenvalue weighted by atomic mass is 16.6. The summed E-state index contributed by atoms with van der Waals surface area (Å²) in [5, 5.41) is 10.8. The normalized spacial score (nSPS) is 18.4. The van der Waals surface area contributed by atoms with Crippen molar-refractivity contribution in [2.45, 2.75) is 51.2 Å². The largest absolute Gasteiger partial charge is 0.487 e. The van der Waals surface area contributed by atoms with E-state index in [-0.39, 0.29) is 24.3 Å². The summed E-state index contributed by atoms with van der Waals surface area (Å²) in [6, 6.07) is 11.0. The van der Waals surface area contributed by atoms with Gasteiger partial charge in [0.15, 0.2) is 0 Å². The summed E-state index contributed by atoms with van der Waals surface area (Å²) in [7, 11) is 0. The highest BCUT2D eigenvalue weighted by Crippen LogP contribution is 2.49. The Morgan fingerprint density at radius 3 is 2.88 bits per heavy atom. The van der Waals surface area contributed by atoms with E-state index in [0.717, 1.165) is 42.6 Å². The van der Waals surface area contributed by atoms with Gasteiger partial charge in [0.05, 0.1) is 30.0 Å². The average molecular weight is 434 g/mol. The zero-order valence-corrected chi connectivity index (χ0v) is 18.2. The third-order valence-electron chi connectivity index (χ3n) is 6.32. The number of ether oxygens (including phenoxy) is 2. The maximum Gasteiger partial charge on any atom is 0.435 e. The third-order valence-corrected chi connectivity index (χ3v) is 6.32. The van der Waals surface area contributed by atoms with Crippen LogP contribution in [-0.2, 0) is 4.74 Å². The molecule has 1 aliphatic carbocycles. The molecule has 2 N–H and O–H groups in total. The molecule has 1 fully saturated rings. The van der Waals surface area contributed by atoms with Gasteiger partial charge in [-0.2, -0.15) is 9.78 Å². The van der Waals surface area contributed by atoms with Crippen molar-refractivity contribution in [3.05, 3.63) is 53.7 Å². The Kier molecular flexibility index (Phi) is 5.00. The molecule has 5 rings (SSSR count). The fourth-order valence-corrected chi connectivity index (χ4v) is 4.59. The molecule has 8 nitrogen and oxygen atoms in total. The van der Waals surface area contributed by atoms with Crippen LogP contribution in [0.2, 0.25) is 0 Å². The van der Waals surface area contributed by atoms with Gasteiger partial charge in [0.2, 0.25) is 0 Å². The van der Waals surface area contributed by atoms with Crippen LogP contribution in [0.4, 0.5) is 15.3 Å². The van der Waals surface area contributed by atoms with Crippen molar-refractivity contribution >= 4 is 28.7 Å². The molecule has 1 atom stereocenters. The fourth-order valence-electron chi connectivity index (χ4n) is 4.59. The number of benzene rings is 2. The number of aromatic nitrogens is 2. The van der Waals surface area contributed by atoms with Gasteiger partial charge in [-0.15, -0.1) is 0 Å². The topological polar surface area (TPSA) is 94.5 Å². The predicted molar refractivity (Wildman–Crippen MR) is 120 cm³/mol. The molecule has 2 aromatic carbocycles. The van der Waals surface area contributed by atoms with Gasteiger partial charge in [0.1, 0.15) is 11.4 Å². The van der Waals surface area contributed by atoms with E-state index in [1.807, 2.05) is 25.1 Å². The first-order chi connectivity index (χ1) is 15.5. The van der Waals surface area contributed by atoms with Gasteiger partial charge in [-0.25, -0.2) is 9.59 Å². The van der Waals surface area contributed by atoms with E-state index in [9.17, 15) is 9.59 Å². The number of aryl methyl sites for hydroxylation is 1. The van der Waals surface area contributed by atoms with Crippen molar-refractivity contribution in [2.24, 2.45) is 0 Å². The van der Waals surface area contributed by atoms with E-state index in [2.05, 4.69) is 15.7 Å². The van der Waals surface area contributed by atoms with Gasteiger partial charge in [0.25, 0.3) is 0 Å². The summed E-state index contributed by atoms with van der Waals surface area (Å²) in [6.07, 6.45) is 4.91. The molecule has 0 saturated heterocycles. The van der Waals surface area contributed by atoms with Gasteiger partial charge in [-0.1, -0.05) is 18.2 Å². The second kappa shape index (κ2) is 7.85. The summed E-state index contributed by atoms with van der Waals surface area (Å²) in [5.41, 5.74) is 3.09. The van der Waals surface area contributed by atoms with Crippen molar-refractivity contribution < 1.29 is 19.1 Å². The molecule has 32 heavy (non-hydrogen) atoms. The van der Waals surface area contributed by atoms with Gasteiger partial charge >= 0.3 is 12.1 Å². The number of rotatable bonds is 3. The van der Waals surface area contributed by atoms with E-state index in [0.29, 0.717) is 16.6 Å². The number of nitrogens with zero attached hydrogens (tertiary/aromatic N) is 2. The minimum Gasteiger partial charge on any atom is -0.487 e. The van der Waals surface area contributed by atoms with Gasteiger partial charge in [0, 0.05) is 17.4 Å². The lowest BCUT2D eigenvalue weighted by Gasteiger charge is -2.48. The Bertz CT molecular complexity index is 1200. The van der Waals surface area contributed by atoms with Crippen molar-refractivity contribution in [3.8, 4) is 5.75 Å². The first-order valence-corrected chi connectivity index (χ1v) is 11.0. The second-order valence-electron chi connectivity index (χ2n) is 8.53. The molecule has 2 heterocycles. The standard InChI is InChI=1S/C24H26N4O4/c1-3-31-23(30)28-20-7-4-6-18(17(20)14-25-28)26-22(29)27-19-13-24(10-5-11-24)32-21-12-15(2)8-9-16(19)21/h4,6-9,12,14,19H,3,5,10-11,13H2,1-2H3,(H2,26,27,29). The molecule has 0 radical (unpaired) electrons. The Hall–Kier alpha value is -3.55. The Morgan fingerprint density at radius 1 is 1.28 bits per heavy atom. The summed E-state index contributed by atoms with van der Waals surface area (Å²) < 4.78 is 12.6. The molecular formula is C24H26N4O4. The summed E-state index contributed by atoms with van der Waals surface area (Å²) in [5.74, 6) is 0.860. The molecule has 1 aliphatic heterocycles. The smallest absolute Gasteiger partial charge is 0.435 e. The van der Waals surface area contributed by atoms with Crippen LogP contribution in [0.1, 0.15) is 49.8 Å². The molecule has 2 aliphatic rings. The third kappa shape index (κ3) is 3.55. The number of fused-ring (bicyclic) bond motifs is 2. The van der Waals surface area contributed by atoms with Gasteiger partial charge < -0.3 is 20.1 Å². The van der Waals surface area contributed by atoms with Crippen molar-refractivity contribution in [1.29, 1.82) is 0 Å². The van der Waals surface area contributed by atoms with E-state index in [1.54, 1.807) is 31.3 Å². The first-order valence-electron chi connectivity index (χ1n) is 11.0. The first kappa shape index (κ1) is 20.4. The monoisotopic (exact) mass is 434 g/mol.